The van der Waals surface area contributed by atoms with Gasteiger partial charge in [0.2, 0.25) is 5.91 Å². The highest BCUT2D eigenvalue weighted by Crippen LogP contribution is 1.92. The highest BCUT2D eigenvalue weighted by molar-refractivity contribution is 5.72. The Labute approximate surface area is 61.4 Å². The molecule has 0 saturated heterocycles. The SMILES string of the molecule is CC(=O)NCCCC(C)O. The molecule has 0 aliphatic heterocycles. The van der Waals surface area contributed by atoms with Crippen LogP contribution in [-0.2, 0) is 4.79 Å². The van der Waals surface area contributed by atoms with Gasteiger partial charge in [-0.2, -0.15) is 0 Å². The average molecular weight is 145 g/mol. The van der Waals surface area contributed by atoms with E-state index in [2.05, 4.69) is 5.32 Å². The first-order chi connectivity index (χ1) is 4.63. The van der Waals surface area contributed by atoms with Crippen LogP contribution in [0.3, 0.4) is 0 Å². The van der Waals surface area contributed by atoms with Gasteiger partial charge in [0.15, 0.2) is 0 Å². The van der Waals surface area contributed by atoms with Gasteiger partial charge in [-0.25, -0.2) is 0 Å². The molecule has 1 unspecified atom stereocenters. The maximum absolute atomic E-state index is 10.3. The summed E-state index contributed by atoms with van der Waals surface area (Å²) in [5, 5.41) is 11.5. The first-order valence-corrected chi connectivity index (χ1v) is 3.55. The molecule has 3 nitrogen and oxygen atoms in total. The summed E-state index contributed by atoms with van der Waals surface area (Å²) in [7, 11) is 0. The van der Waals surface area contributed by atoms with Crippen molar-refractivity contribution >= 4 is 5.91 Å². The third kappa shape index (κ3) is 7.43. The van der Waals surface area contributed by atoms with E-state index < -0.39 is 0 Å². The molecule has 10 heavy (non-hydrogen) atoms. The molecule has 0 aromatic rings. The van der Waals surface area contributed by atoms with Crippen LogP contribution in [0.15, 0.2) is 0 Å². The summed E-state index contributed by atoms with van der Waals surface area (Å²) in [4.78, 5) is 10.3. The van der Waals surface area contributed by atoms with Crippen molar-refractivity contribution < 1.29 is 9.90 Å². The van der Waals surface area contributed by atoms with Gasteiger partial charge in [0.05, 0.1) is 6.10 Å². The van der Waals surface area contributed by atoms with Crippen LogP contribution in [0.2, 0.25) is 0 Å². The van der Waals surface area contributed by atoms with Crippen molar-refractivity contribution in [3.63, 3.8) is 0 Å². The fourth-order valence-electron chi connectivity index (χ4n) is 0.662. The van der Waals surface area contributed by atoms with Crippen LogP contribution in [0.25, 0.3) is 0 Å². The Morgan fingerprint density at radius 2 is 2.30 bits per heavy atom. The Morgan fingerprint density at radius 3 is 2.70 bits per heavy atom. The molecule has 1 atom stereocenters. The van der Waals surface area contributed by atoms with E-state index >= 15 is 0 Å². The van der Waals surface area contributed by atoms with Gasteiger partial charge in [0.25, 0.3) is 0 Å². The number of carbonyl (C=O) groups excluding carboxylic acids is 1. The molecule has 0 aliphatic carbocycles. The van der Waals surface area contributed by atoms with Crippen molar-refractivity contribution in [3.8, 4) is 0 Å². The van der Waals surface area contributed by atoms with Gasteiger partial charge in [-0.15, -0.1) is 0 Å². The second kappa shape index (κ2) is 5.23. The zero-order valence-electron chi connectivity index (χ0n) is 6.55. The summed E-state index contributed by atoms with van der Waals surface area (Å²) >= 11 is 0. The lowest BCUT2D eigenvalue weighted by Gasteiger charge is -2.03. The first kappa shape index (κ1) is 9.43. The number of amides is 1. The lowest BCUT2D eigenvalue weighted by Crippen LogP contribution is -2.21. The van der Waals surface area contributed by atoms with Gasteiger partial charge in [-0.05, 0) is 19.8 Å². The summed E-state index contributed by atoms with van der Waals surface area (Å²) in [6.07, 6.45) is 1.34. The fourth-order valence-corrected chi connectivity index (χ4v) is 0.662. The number of nitrogens with one attached hydrogen (secondary N) is 1. The molecule has 0 bridgehead atoms. The van der Waals surface area contributed by atoms with E-state index in [1.165, 1.54) is 6.92 Å². The molecule has 2 N–H and O–H groups in total. The summed E-state index contributed by atoms with van der Waals surface area (Å²) in [5.74, 6) is -0.00871. The van der Waals surface area contributed by atoms with E-state index in [0.717, 1.165) is 12.8 Å². The Kier molecular flexibility index (Phi) is 4.94. The quantitative estimate of drug-likeness (QED) is 0.558. The van der Waals surface area contributed by atoms with Crippen molar-refractivity contribution in [2.24, 2.45) is 0 Å². The number of aliphatic hydroxyl groups is 1. The van der Waals surface area contributed by atoms with E-state index in [4.69, 9.17) is 5.11 Å². The van der Waals surface area contributed by atoms with Crippen LogP contribution < -0.4 is 5.32 Å². The second-order valence-corrected chi connectivity index (χ2v) is 2.47. The van der Waals surface area contributed by atoms with Crippen LogP contribution in [-0.4, -0.2) is 23.7 Å². The minimum atomic E-state index is -0.256. The second-order valence-electron chi connectivity index (χ2n) is 2.47. The topological polar surface area (TPSA) is 49.3 Å². The molecule has 0 spiro atoms. The van der Waals surface area contributed by atoms with Gasteiger partial charge >= 0.3 is 0 Å². The zero-order chi connectivity index (χ0) is 7.98. The average Bonchev–Trinajstić information content (AvgIpc) is 1.79. The van der Waals surface area contributed by atoms with Crippen LogP contribution in [0.4, 0.5) is 0 Å². The van der Waals surface area contributed by atoms with Crippen LogP contribution in [0.5, 0.6) is 0 Å². The van der Waals surface area contributed by atoms with Gasteiger partial charge in [-0.3, -0.25) is 4.79 Å². The predicted octanol–water partition coefficient (Wildman–Crippen LogP) is 0.283. The zero-order valence-corrected chi connectivity index (χ0v) is 6.55. The lowest BCUT2D eigenvalue weighted by atomic mass is 10.2. The summed E-state index contributed by atoms with van der Waals surface area (Å²) in [6.45, 7) is 3.90. The van der Waals surface area contributed by atoms with Crippen molar-refractivity contribution in [2.75, 3.05) is 6.54 Å². The molecule has 0 aromatic carbocycles. The van der Waals surface area contributed by atoms with Gasteiger partial charge in [0.1, 0.15) is 0 Å². The standard InChI is InChI=1S/C7H15NO2/c1-6(9)4-3-5-8-7(2)10/h6,9H,3-5H2,1-2H3,(H,8,10). The molecular weight excluding hydrogens is 130 g/mol. The van der Waals surface area contributed by atoms with E-state index in [1.807, 2.05) is 0 Å². The highest BCUT2D eigenvalue weighted by Gasteiger charge is 1.94. The fraction of sp³-hybridized carbons (Fsp3) is 0.857. The van der Waals surface area contributed by atoms with E-state index in [9.17, 15) is 4.79 Å². The summed E-state index contributed by atoms with van der Waals surface area (Å²) in [6, 6.07) is 0. The molecule has 0 heterocycles. The monoisotopic (exact) mass is 145 g/mol. The molecule has 0 aliphatic rings. The van der Waals surface area contributed by atoms with Crippen molar-refractivity contribution in [2.45, 2.75) is 32.8 Å². The van der Waals surface area contributed by atoms with E-state index in [1.54, 1.807) is 6.92 Å². The van der Waals surface area contributed by atoms with Gasteiger partial charge in [-0.1, -0.05) is 0 Å². The first-order valence-electron chi connectivity index (χ1n) is 3.55. The summed E-state index contributed by atoms with van der Waals surface area (Å²) in [5.41, 5.74) is 0. The summed E-state index contributed by atoms with van der Waals surface area (Å²) < 4.78 is 0. The van der Waals surface area contributed by atoms with E-state index in [-0.39, 0.29) is 12.0 Å². The predicted molar refractivity (Wildman–Crippen MR) is 39.6 cm³/mol. The number of hydrogen-bond acceptors (Lipinski definition) is 2. The Morgan fingerprint density at radius 1 is 1.70 bits per heavy atom. The Balaban J connectivity index is 2.98. The van der Waals surface area contributed by atoms with Gasteiger partial charge in [0, 0.05) is 13.5 Å². The number of aliphatic hydroxyl groups excluding tert-OH is 1. The Bertz CT molecular complexity index is 102. The largest absolute Gasteiger partial charge is 0.393 e. The van der Waals surface area contributed by atoms with Crippen molar-refractivity contribution in [1.29, 1.82) is 0 Å². The smallest absolute Gasteiger partial charge is 0.216 e. The molecule has 0 radical (unpaired) electrons. The molecule has 0 rings (SSSR count). The lowest BCUT2D eigenvalue weighted by molar-refractivity contribution is -0.118. The molecule has 3 heteroatoms. The number of hydrogen-bond donors (Lipinski definition) is 2. The minimum absolute atomic E-state index is 0.00871. The molecule has 1 amide bonds. The van der Waals surface area contributed by atoms with Gasteiger partial charge < -0.3 is 10.4 Å². The normalized spacial score (nSPS) is 12.7. The van der Waals surface area contributed by atoms with E-state index in [0.29, 0.717) is 6.54 Å². The van der Waals surface area contributed by atoms with Crippen LogP contribution >= 0.6 is 0 Å². The maximum atomic E-state index is 10.3. The number of rotatable bonds is 4. The molecular formula is C7H15NO2. The van der Waals surface area contributed by atoms with Crippen LogP contribution in [0.1, 0.15) is 26.7 Å². The number of carbonyl (C=O) groups is 1. The molecule has 60 valence electrons. The van der Waals surface area contributed by atoms with Crippen molar-refractivity contribution in [1.82, 2.24) is 5.32 Å². The molecule has 0 saturated carbocycles. The Hall–Kier alpha value is -0.570. The molecule has 0 aromatic heterocycles. The minimum Gasteiger partial charge on any atom is -0.393 e. The maximum Gasteiger partial charge on any atom is 0.216 e. The van der Waals surface area contributed by atoms with Crippen molar-refractivity contribution in [3.05, 3.63) is 0 Å². The third-order valence-electron chi connectivity index (χ3n) is 1.17. The third-order valence-corrected chi connectivity index (χ3v) is 1.17. The molecule has 0 fully saturated rings. The highest BCUT2D eigenvalue weighted by atomic mass is 16.3. The van der Waals surface area contributed by atoms with Crippen LogP contribution in [0, 0.1) is 0 Å².